The Bertz CT molecular complexity index is 4070. The van der Waals surface area contributed by atoms with E-state index in [0.29, 0.717) is 56.7 Å². The maximum absolute atomic E-state index is 11.6. The van der Waals surface area contributed by atoms with E-state index in [9.17, 15) is 72.3 Å². The number of carbonyl (C=O) groups is 8. The summed E-state index contributed by atoms with van der Waals surface area (Å²) in [6, 6.07) is -0.398. The van der Waals surface area contributed by atoms with Crippen LogP contribution in [0, 0.1) is 0 Å². The molecular formula is C68H122N30O18S2. The number of rotatable bonds is 32. The number of imide groups is 2. The molecule has 0 saturated carbocycles. The third-order valence-corrected chi connectivity index (χ3v) is 17.8. The number of ketones is 2. The SMILES string of the molecule is CN(C)CCN(C)C(=O)NCc1nn[nH]n1.CN(C)CCN(C)C(=O)Nc1nn[nH]n1.CN(C)CCN(C)C1=C(O)C(=O)NC1=O.CN(C)CCN(C)C1=CC(=O)C=C(O)C1=O.CN(C)CCN(C)C1=NS(=O)ON1.CN(C)CCN(C)C1SC(=O)NC1=O.CN(C)CCN(C)c1c(O)c(=O)c1=O.CN(C)CCN(C)c1cocc(O)c1=O. The number of allylic oxidation sites excluding steroid dienone is 2. The van der Waals surface area contributed by atoms with Gasteiger partial charge in [-0.15, -0.1) is 19.7 Å². The van der Waals surface area contributed by atoms with E-state index >= 15 is 0 Å². The number of guanidine groups is 1. The molecular weight excluding hydrogens is 1590 g/mol. The Morgan fingerprint density at radius 3 is 1.43 bits per heavy atom. The van der Waals surface area contributed by atoms with Crippen LogP contribution >= 0.6 is 11.8 Å². The van der Waals surface area contributed by atoms with Gasteiger partial charge in [-0.25, -0.2) is 19.3 Å². The molecule has 11 N–H and O–H groups in total. The van der Waals surface area contributed by atoms with Crippen LogP contribution in [0.1, 0.15) is 5.82 Å². The summed E-state index contributed by atoms with van der Waals surface area (Å²) in [5.74, 6) is -2.93. The average Bonchev–Trinajstić information content (AvgIpc) is 1.40. The van der Waals surface area contributed by atoms with Gasteiger partial charge >= 0.3 is 23.3 Å². The third kappa shape index (κ3) is 40.9. The lowest BCUT2D eigenvalue weighted by atomic mass is 10.1. The predicted octanol–water partition coefficient (Wildman–Crippen LogP) is -4.94. The summed E-state index contributed by atoms with van der Waals surface area (Å²) >= 11 is -0.525. The highest BCUT2D eigenvalue weighted by atomic mass is 32.2. The van der Waals surface area contributed by atoms with Gasteiger partial charge in [-0.3, -0.25) is 64.0 Å². The third-order valence-electron chi connectivity index (χ3n) is 16.1. The second kappa shape index (κ2) is 54.3. The summed E-state index contributed by atoms with van der Waals surface area (Å²) in [5.41, 5.74) is 1.51. The smallest absolute Gasteiger partial charge is 0.324 e. The van der Waals surface area contributed by atoms with Gasteiger partial charge in [0.1, 0.15) is 29.3 Å². The zero-order valence-electron chi connectivity index (χ0n) is 72.0. The largest absolute Gasteiger partial charge is 0.504 e. The molecule has 1 saturated heterocycles. The van der Waals surface area contributed by atoms with E-state index in [-0.39, 0.29) is 69.7 Å². The van der Waals surface area contributed by atoms with Gasteiger partial charge in [0.2, 0.25) is 28.7 Å². The van der Waals surface area contributed by atoms with Crippen molar-refractivity contribution in [3.63, 3.8) is 0 Å². The fraction of sp³-hybridized carbons (Fsp3) is 0.618. The lowest BCUT2D eigenvalue weighted by Gasteiger charge is -2.24. The first-order chi connectivity index (χ1) is 55.1. The fourth-order valence-electron chi connectivity index (χ4n) is 8.65. The zero-order chi connectivity index (χ0) is 90.0. The van der Waals surface area contributed by atoms with Crippen molar-refractivity contribution in [1.82, 2.24) is 131 Å². The number of aliphatic hydroxyl groups excluding tert-OH is 2. The number of thioether (sulfide) groups is 1. The number of hydrogen-bond acceptors (Lipinski definition) is 40. The number of nitrogens with one attached hydrogen (secondary N) is 7. The van der Waals surface area contributed by atoms with Gasteiger partial charge in [-0.05, 0) is 137 Å². The van der Waals surface area contributed by atoms with E-state index in [4.69, 9.17) is 9.52 Å². The summed E-state index contributed by atoms with van der Waals surface area (Å²) in [4.78, 5) is 153. The number of tetrazole rings is 2. The highest BCUT2D eigenvalue weighted by molar-refractivity contribution is 8.15. The monoisotopic (exact) mass is 1710 g/mol. The van der Waals surface area contributed by atoms with Crippen LogP contribution in [0.25, 0.3) is 0 Å². The molecule has 8 rings (SSSR count). The minimum atomic E-state index is -1.57. The molecule has 48 nitrogen and oxygen atoms in total. The van der Waals surface area contributed by atoms with Crippen molar-refractivity contribution in [2.75, 3.05) is 289 Å². The number of amides is 8. The van der Waals surface area contributed by atoms with E-state index in [1.54, 1.807) is 71.7 Å². The number of aromatic hydroxyl groups is 2. The Morgan fingerprint density at radius 2 is 0.983 bits per heavy atom. The van der Waals surface area contributed by atoms with Crippen molar-refractivity contribution < 1.29 is 71.7 Å². The first-order valence-electron chi connectivity index (χ1n) is 36.3. The number of aromatic amines is 2. The van der Waals surface area contributed by atoms with Crippen LogP contribution in [0.5, 0.6) is 11.5 Å². The fourth-order valence-corrected chi connectivity index (χ4v) is 9.97. The number of hydrogen-bond donors (Lipinski definition) is 11. The molecule has 6 heterocycles. The molecule has 0 spiro atoms. The molecule has 1 aromatic carbocycles. The van der Waals surface area contributed by atoms with Gasteiger partial charge in [0.05, 0.1) is 12.2 Å². The van der Waals surface area contributed by atoms with Crippen LogP contribution in [-0.4, -0.2) is 466 Å². The second-order valence-electron chi connectivity index (χ2n) is 28.7. The molecule has 118 heavy (non-hydrogen) atoms. The number of urea groups is 2. The Morgan fingerprint density at radius 1 is 0.508 bits per heavy atom. The minimum absolute atomic E-state index is 0.0434. The molecule has 8 amide bonds. The Kier molecular flexibility index (Phi) is 48.5. The minimum Gasteiger partial charge on any atom is -0.504 e. The first kappa shape index (κ1) is 105. The van der Waals surface area contributed by atoms with Crippen LogP contribution in [0.2, 0.25) is 0 Å². The lowest BCUT2D eigenvalue weighted by molar-refractivity contribution is -0.125. The van der Waals surface area contributed by atoms with Gasteiger partial charge in [-0.1, -0.05) is 10.3 Å². The van der Waals surface area contributed by atoms with Crippen LogP contribution in [0.4, 0.5) is 31.7 Å². The maximum Gasteiger partial charge on any atom is 0.324 e. The molecule has 2 atom stereocenters. The van der Waals surface area contributed by atoms with Gasteiger partial charge in [0, 0.05) is 166 Å². The molecule has 4 aromatic rings. The van der Waals surface area contributed by atoms with Gasteiger partial charge in [0.15, 0.2) is 28.8 Å². The number of hydroxylamine groups is 1. The summed E-state index contributed by atoms with van der Waals surface area (Å²) in [7, 11) is 45.2. The molecule has 3 aliphatic heterocycles. The number of anilines is 3. The quantitative estimate of drug-likeness (QED) is 0.0124. The average molecular weight is 1710 g/mol. The summed E-state index contributed by atoms with van der Waals surface area (Å²) in [5, 5.41) is 71.8. The molecule has 0 bridgehead atoms. The number of likely N-dealkylation sites (N-methyl/N-ethyl adjacent to an activating group) is 16. The molecule has 0 radical (unpaired) electrons. The van der Waals surface area contributed by atoms with Gasteiger partial charge in [-0.2, -0.15) is 14.7 Å². The molecule has 664 valence electrons. The molecule has 3 aromatic heterocycles. The molecule has 1 aliphatic carbocycles. The first-order valence-corrected chi connectivity index (χ1v) is 38.2. The number of aliphatic hydroxyl groups is 2. The van der Waals surface area contributed by atoms with Crippen molar-refractivity contribution in [1.29, 1.82) is 0 Å². The van der Waals surface area contributed by atoms with Crippen molar-refractivity contribution >= 4 is 92.9 Å². The number of aromatic nitrogens is 8. The molecule has 2 unspecified atom stereocenters. The predicted molar refractivity (Wildman–Crippen MR) is 446 cm³/mol. The lowest BCUT2D eigenvalue weighted by Crippen LogP contribution is -2.40. The van der Waals surface area contributed by atoms with Crippen LogP contribution in [0.3, 0.4) is 0 Å². The Hall–Kier alpha value is -10.7. The van der Waals surface area contributed by atoms with E-state index < -0.39 is 62.4 Å². The van der Waals surface area contributed by atoms with Gasteiger partial charge < -0.3 is 104 Å². The van der Waals surface area contributed by atoms with E-state index in [2.05, 4.69) is 76.3 Å². The van der Waals surface area contributed by atoms with Crippen LogP contribution < -0.4 is 52.8 Å². The second-order valence-corrected chi connectivity index (χ2v) is 30.5. The topological polar surface area (TPSA) is 541 Å². The van der Waals surface area contributed by atoms with Crippen molar-refractivity contribution in [3.05, 3.63) is 84.1 Å². The van der Waals surface area contributed by atoms with E-state index in [0.717, 1.165) is 89.5 Å². The number of nitrogens with zero attached hydrogens (tertiary/aromatic N) is 23. The highest BCUT2D eigenvalue weighted by Gasteiger charge is 2.35. The van der Waals surface area contributed by atoms with E-state index in [1.807, 2.05) is 176 Å². The molecule has 1 fully saturated rings. The van der Waals surface area contributed by atoms with Crippen molar-refractivity contribution in [2.45, 2.75) is 11.9 Å². The summed E-state index contributed by atoms with van der Waals surface area (Å²) in [6.45, 7) is 12.1. The van der Waals surface area contributed by atoms with Crippen molar-refractivity contribution in [2.24, 2.45) is 4.40 Å². The highest BCUT2D eigenvalue weighted by Crippen LogP contribution is 2.22. The number of carbonyl (C=O) groups excluding carboxylic acids is 8. The van der Waals surface area contributed by atoms with Crippen LogP contribution in [-0.2, 0) is 46.1 Å². The summed E-state index contributed by atoms with van der Waals surface area (Å²) < 4.78 is 23.8. The number of H-pyrrole nitrogens is 2. The van der Waals surface area contributed by atoms with Gasteiger partial charge in [0.25, 0.3) is 39.8 Å². The normalized spacial score (nSPS) is 14.7. The summed E-state index contributed by atoms with van der Waals surface area (Å²) in [6.07, 6.45) is 4.56. The standard InChI is InChI=1S/C11H16N2O3.C10H16N2O3.C9H15N3O3.C9H14N2O3.C8H17N7O.C8H15N3O2S.C7H15N7O.C6H14N4O2S/c1-12(2)4-5-13(3)9-6-8(14)7-10(15)11(9)16;1-11(2)4-5-12(3)8-6-15-7-9(13)10(8)14;1-11(2)4-5-12(3)6-7(13)9(15)10-8(6)14;1-10(2)4-5-11(3)6-7(12)9(14)8(6)13;1-14(2)4-5-15(3)8(16)9-6-7-10-12-13-11-7;1-10(2)4-5-11(3)7-6(12)9-8(13)14-7;1-13(2)4-5-14(3)7(15)8-6-9-11-12-10-6;1-9(2)4-5-10(3)6-7-12-13(11)8-6/h6-7,15H,4-5H2,1-3H3;6-7,13H,4-5H2,1-3H3;4-5H2,1-3H3,(H2,10,13,14,15);12H,4-5H2,1-3H3;4-6H2,1-3H3,(H,9,16)(H,10,11,12,13);7H,4-5H2,1-3H3,(H,9,12,13);4-5H2,1-3H3,(H2,8,9,10,11,12,15);4-5H2,1-3H3,(H,7,8). The Balaban J connectivity index is 0.000000675. The molecule has 4 aliphatic rings. The molecule has 50 heteroatoms. The van der Waals surface area contributed by atoms with Crippen molar-refractivity contribution in [3.8, 4) is 11.5 Å². The number of Topliss-reactive ketones (excluding diaryl/α,β-unsaturated/α-hetero) is 1. The Labute approximate surface area is 693 Å². The zero-order valence-corrected chi connectivity index (χ0v) is 73.6. The van der Waals surface area contributed by atoms with Crippen LogP contribution in [0.15, 0.2) is 70.8 Å². The maximum atomic E-state index is 11.6. The van der Waals surface area contributed by atoms with E-state index in [1.165, 1.54) is 12.3 Å².